The first-order chi connectivity index (χ1) is 12.0. The van der Waals surface area contributed by atoms with Crippen LogP contribution in [0.4, 0.5) is 0 Å². The van der Waals surface area contributed by atoms with Gasteiger partial charge in [0.15, 0.2) is 11.2 Å². The molecule has 1 atom stereocenters. The van der Waals surface area contributed by atoms with Crippen LogP contribution in [0.15, 0.2) is 40.3 Å². The van der Waals surface area contributed by atoms with Crippen LogP contribution in [0, 0.1) is 0 Å². The molecular formula is C17H22N6O2. The maximum Gasteiger partial charge on any atom is 0.332 e. The van der Waals surface area contributed by atoms with E-state index in [1.165, 1.54) is 11.6 Å². The number of pyridine rings is 1. The number of aryl methyl sites for hydroxylation is 1. The van der Waals surface area contributed by atoms with E-state index >= 15 is 0 Å². The second kappa shape index (κ2) is 7.02. The zero-order valence-corrected chi connectivity index (χ0v) is 14.6. The minimum Gasteiger partial charge on any atom is -0.323 e. The van der Waals surface area contributed by atoms with Crippen molar-refractivity contribution in [3.8, 4) is 0 Å². The number of rotatable bonds is 6. The first kappa shape index (κ1) is 17.1. The number of nitrogens with zero attached hydrogens (tertiary/aromatic N) is 5. The molecule has 1 unspecified atom stereocenters. The number of nitrogens with one attached hydrogen (secondary N) is 1. The average molecular weight is 342 g/mol. The van der Waals surface area contributed by atoms with Crippen LogP contribution in [0.25, 0.3) is 11.2 Å². The molecule has 3 aromatic heterocycles. The molecule has 0 aliphatic rings. The van der Waals surface area contributed by atoms with E-state index in [1.54, 1.807) is 24.1 Å². The van der Waals surface area contributed by atoms with Crippen LogP contribution in [0.2, 0.25) is 0 Å². The van der Waals surface area contributed by atoms with Gasteiger partial charge in [0.05, 0.1) is 6.33 Å². The molecule has 8 nitrogen and oxygen atoms in total. The normalized spacial score (nSPS) is 12.6. The molecule has 3 heterocycles. The summed E-state index contributed by atoms with van der Waals surface area (Å²) in [6, 6.07) is 6.15. The first-order valence-electron chi connectivity index (χ1n) is 8.23. The van der Waals surface area contributed by atoms with Gasteiger partial charge in [0, 0.05) is 51.5 Å². The maximum absolute atomic E-state index is 12.4. The lowest BCUT2D eigenvalue weighted by atomic mass is 10.1. The highest BCUT2D eigenvalue weighted by molar-refractivity contribution is 5.69. The molecule has 0 spiro atoms. The summed E-state index contributed by atoms with van der Waals surface area (Å²) in [6.45, 7) is 3.38. The van der Waals surface area contributed by atoms with E-state index in [2.05, 4.69) is 22.2 Å². The Balaban J connectivity index is 1.70. The van der Waals surface area contributed by atoms with E-state index in [0.717, 1.165) is 16.7 Å². The van der Waals surface area contributed by atoms with Gasteiger partial charge in [0.25, 0.3) is 5.56 Å². The van der Waals surface area contributed by atoms with E-state index in [4.69, 9.17) is 0 Å². The predicted octanol–water partition coefficient (Wildman–Crippen LogP) is 0.0495. The van der Waals surface area contributed by atoms with Gasteiger partial charge >= 0.3 is 5.69 Å². The molecule has 0 bridgehead atoms. The molecule has 1 N–H and O–H groups in total. The van der Waals surface area contributed by atoms with Crippen LogP contribution >= 0.6 is 0 Å². The second-order valence-corrected chi connectivity index (χ2v) is 6.20. The molecular weight excluding hydrogens is 320 g/mol. The summed E-state index contributed by atoms with van der Waals surface area (Å²) in [5.74, 6) is 0. The van der Waals surface area contributed by atoms with Gasteiger partial charge in [0.1, 0.15) is 0 Å². The lowest BCUT2D eigenvalue weighted by Crippen LogP contribution is -2.38. The summed E-state index contributed by atoms with van der Waals surface area (Å²) in [5, 5.41) is 3.43. The highest BCUT2D eigenvalue weighted by Gasteiger charge is 2.14. The number of imidazole rings is 1. The fourth-order valence-electron chi connectivity index (χ4n) is 2.90. The molecule has 0 saturated carbocycles. The van der Waals surface area contributed by atoms with Crippen molar-refractivity contribution in [2.45, 2.75) is 25.9 Å². The fraction of sp³-hybridized carbons (Fsp3) is 0.412. The van der Waals surface area contributed by atoms with Gasteiger partial charge in [-0.25, -0.2) is 9.78 Å². The zero-order chi connectivity index (χ0) is 18.0. The topological polar surface area (TPSA) is 86.7 Å². The van der Waals surface area contributed by atoms with E-state index in [0.29, 0.717) is 24.3 Å². The van der Waals surface area contributed by atoms with Gasteiger partial charge in [-0.1, -0.05) is 6.07 Å². The average Bonchev–Trinajstić information content (AvgIpc) is 3.03. The van der Waals surface area contributed by atoms with Crippen molar-refractivity contribution in [3.63, 3.8) is 0 Å². The molecule has 8 heteroatoms. The summed E-state index contributed by atoms with van der Waals surface area (Å²) < 4.78 is 4.29. The Kier molecular flexibility index (Phi) is 4.80. The number of hydrogen-bond donors (Lipinski definition) is 1. The summed E-state index contributed by atoms with van der Waals surface area (Å²) >= 11 is 0. The van der Waals surface area contributed by atoms with E-state index < -0.39 is 0 Å². The van der Waals surface area contributed by atoms with Crippen LogP contribution in [-0.4, -0.2) is 36.3 Å². The van der Waals surface area contributed by atoms with Crippen molar-refractivity contribution in [1.29, 1.82) is 0 Å². The Morgan fingerprint density at radius 1 is 1.16 bits per heavy atom. The third-order valence-corrected chi connectivity index (χ3v) is 4.30. The summed E-state index contributed by atoms with van der Waals surface area (Å²) in [4.78, 5) is 32.9. The van der Waals surface area contributed by atoms with Crippen LogP contribution in [0.1, 0.15) is 12.6 Å². The van der Waals surface area contributed by atoms with Gasteiger partial charge in [-0.3, -0.25) is 18.9 Å². The summed E-state index contributed by atoms with van der Waals surface area (Å²) in [5.41, 5.74) is 1.21. The van der Waals surface area contributed by atoms with Gasteiger partial charge in [-0.2, -0.15) is 0 Å². The second-order valence-electron chi connectivity index (χ2n) is 6.20. The molecule has 3 aromatic rings. The molecule has 3 rings (SSSR count). The molecule has 0 saturated heterocycles. The molecule has 0 fully saturated rings. The van der Waals surface area contributed by atoms with Crippen LogP contribution in [0.5, 0.6) is 0 Å². The monoisotopic (exact) mass is 342 g/mol. The molecule has 132 valence electrons. The van der Waals surface area contributed by atoms with Gasteiger partial charge in [-0.15, -0.1) is 0 Å². The molecule has 0 amide bonds. The zero-order valence-electron chi connectivity index (χ0n) is 14.6. The van der Waals surface area contributed by atoms with E-state index in [9.17, 15) is 9.59 Å². The predicted molar refractivity (Wildman–Crippen MR) is 95.6 cm³/mol. The van der Waals surface area contributed by atoms with E-state index in [1.807, 2.05) is 18.2 Å². The third-order valence-electron chi connectivity index (χ3n) is 4.30. The Morgan fingerprint density at radius 3 is 2.68 bits per heavy atom. The first-order valence-corrected chi connectivity index (χ1v) is 8.23. The molecule has 0 aromatic carbocycles. The minimum absolute atomic E-state index is 0.261. The largest absolute Gasteiger partial charge is 0.332 e. The van der Waals surface area contributed by atoms with Gasteiger partial charge in [0.2, 0.25) is 0 Å². The SMILES string of the molecule is CC(Cc1ccccn1)NCCn1cnc2c1c(=O)n(C)c(=O)n2C. The maximum atomic E-state index is 12.4. The number of aromatic nitrogens is 5. The van der Waals surface area contributed by atoms with Crippen LogP contribution < -0.4 is 16.6 Å². The summed E-state index contributed by atoms with van der Waals surface area (Å²) in [6.07, 6.45) is 4.23. The van der Waals surface area contributed by atoms with Crippen molar-refractivity contribution in [2.75, 3.05) is 6.54 Å². The molecule has 0 aliphatic heterocycles. The summed E-state index contributed by atoms with van der Waals surface area (Å²) in [7, 11) is 3.10. The third kappa shape index (κ3) is 3.39. The lowest BCUT2D eigenvalue weighted by Gasteiger charge is -2.14. The Bertz CT molecular complexity index is 986. The van der Waals surface area contributed by atoms with E-state index in [-0.39, 0.29) is 17.3 Å². The van der Waals surface area contributed by atoms with Crippen molar-refractivity contribution in [2.24, 2.45) is 14.1 Å². The molecule has 25 heavy (non-hydrogen) atoms. The Morgan fingerprint density at radius 2 is 1.96 bits per heavy atom. The lowest BCUT2D eigenvalue weighted by molar-refractivity contribution is 0.512. The van der Waals surface area contributed by atoms with Crippen LogP contribution in [0.3, 0.4) is 0 Å². The minimum atomic E-state index is -0.371. The number of hydrogen-bond acceptors (Lipinski definition) is 5. The van der Waals surface area contributed by atoms with Crippen LogP contribution in [-0.2, 0) is 27.1 Å². The van der Waals surface area contributed by atoms with Gasteiger partial charge in [-0.05, 0) is 19.1 Å². The Hall–Kier alpha value is -2.74. The molecule has 0 radical (unpaired) electrons. The fourth-order valence-corrected chi connectivity index (χ4v) is 2.90. The highest BCUT2D eigenvalue weighted by Crippen LogP contribution is 2.05. The van der Waals surface area contributed by atoms with Crippen molar-refractivity contribution >= 4 is 11.2 Å². The number of fused-ring (bicyclic) bond motifs is 1. The standard InChI is InChI=1S/C17H22N6O2/c1-12(10-13-6-4-5-7-19-13)18-8-9-23-11-20-15-14(23)16(24)22(3)17(25)21(15)2/h4-7,11-12,18H,8-10H2,1-3H3. The quantitative estimate of drug-likeness (QED) is 0.684. The van der Waals surface area contributed by atoms with Gasteiger partial charge < -0.3 is 9.88 Å². The Labute approximate surface area is 144 Å². The smallest absolute Gasteiger partial charge is 0.323 e. The van der Waals surface area contributed by atoms with Crippen molar-refractivity contribution in [1.82, 2.24) is 29.0 Å². The van der Waals surface area contributed by atoms with Crippen molar-refractivity contribution < 1.29 is 0 Å². The molecule has 0 aliphatic carbocycles. The van der Waals surface area contributed by atoms with Crippen molar-refractivity contribution in [3.05, 3.63) is 57.3 Å². The highest BCUT2D eigenvalue weighted by atomic mass is 16.2.